The second-order valence-corrected chi connectivity index (χ2v) is 2.53. The van der Waals surface area contributed by atoms with Crippen LogP contribution in [0.15, 0.2) is 0 Å². The van der Waals surface area contributed by atoms with Crippen molar-refractivity contribution in [1.29, 1.82) is 0 Å². The van der Waals surface area contributed by atoms with Crippen LogP contribution in [0.2, 0.25) is 0 Å². The van der Waals surface area contributed by atoms with Gasteiger partial charge in [-0.25, -0.2) is 0 Å². The van der Waals surface area contributed by atoms with Crippen LogP contribution in [0.4, 0.5) is 0 Å². The molecule has 0 fully saturated rings. The third-order valence-electron chi connectivity index (χ3n) is 1.52. The number of aliphatic hydroxyl groups excluding tert-OH is 2. The molecule has 0 saturated heterocycles. The first-order valence-electron chi connectivity index (χ1n) is 3.76. The van der Waals surface area contributed by atoms with E-state index in [0.29, 0.717) is 25.8 Å². The maximum atomic E-state index is 9.11. The molecule has 0 amide bonds. The molecule has 0 aromatic carbocycles. The summed E-state index contributed by atoms with van der Waals surface area (Å²) in [4.78, 5) is 0. The van der Waals surface area contributed by atoms with Gasteiger partial charge in [0.25, 0.3) is 0 Å². The van der Waals surface area contributed by atoms with Crippen LogP contribution >= 0.6 is 0 Å². The Labute approximate surface area is 61.9 Å². The molecule has 0 aliphatic heterocycles. The summed E-state index contributed by atoms with van der Waals surface area (Å²) in [5.41, 5.74) is 5.20. The van der Waals surface area contributed by atoms with Crippen molar-refractivity contribution in [3.63, 3.8) is 0 Å². The molecule has 3 heteroatoms. The molecule has 0 aliphatic carbocycles. The van der Waals surface area contributed by atoms with Crippen LogP contribution in [0.25, 0.3) is 0 Å². The van der Waals surface area contributed by atoms with Gasteiger partial charge in [-0.15, -0.1) is 0 Å². The quantitative estimate of drug-likeness (QED) is 0.507. The Bertz CT molecular complexity index is 78.0. The zero-order valence-corrected chi connectivity index (χ0v) is 6.45. The molecule has 10 heavy (non-hydrogen) atoms. The highest BCUT2D eigenvalue weighted by atomic mass is 16.3. The fourth-order valence-corrected chi connectivity index (χ4v) is 0.791. The molecule has 2 unspecified atom stereocenters. The molecule has 2 atom stereocenters. The second kappa shape index (κ2) is 5.65. The summed E-state index contributed by atoms with van der Waals surface area (Å²) in [6, 6.07) is 0. The number of hydrogen-bond acceptors (Lipinski definition) is 3. The minimum Gasteiger partial charge on any atom is -0.393 e. The topological polar surface area (TPSA) is 66.5 Å². The first-order valence-corrected chi connectivity index (χ1v) is 3.76. The Morgan fingerprint density at radius 1 is 1.30 bits per heavy atom. The molecule has 0 aromatic heterocycles. The summed E-state index contributed by atoms with van der Waals surface area (Å²) >= 11 is 0. The predicted molar refractivity (Wildman–Crippen MR) is 40.6 cm³/mol. The second-order valence-electron chi connectivity index (χ2n) is 2.53. The van der Waals surface area contributed by atoms with Crippen LogP contribution in [-0.2, 0) is 0 Å². The summed E-state index contributed by atoms with van der Waals surface area (Å²) in [5, 5.41) is 18.2. The number of hydrogen-bond donors (Lipinski definition) is 3. The van der Waals surface area contributed by atoms with E-state index in [9.17, 15) is 0 Å². The van der Waals surface area contributed by atoms with E-state index in [1.807, 2.05) is 6.92 Å². The zero-order valence-electron chi connectivity index (χ0n) is 6.45. The fourth-order valence-electron chi connectivity index (χ4n) is 0.791. The molecular formula is C7H17NO2. The van der Waals surface area contributed by atoms with Gasteiger partial charge in [0, 0.05) is 0 Å². The number of nitrogens with two attached hydrogens (primary N) is 1. The molecule has 0 aliphatic rings. The van der Waals surface area contributed by atoms with Gasteiger partial charge in [-0.2, -0.15) is 0 Å². The highest BCUT2D eigenvalue weighted by Gasteiger charge is 2.08. The van der Waals surface area contributed by atoms with Gasteiger partial charge in [-0.1, -0.05) is 6.92 Å². The summed E-state index contributed by atoms with van der Waals surface area (Å²) in [6.45, 7) is 2.37. The van der Waals surface area contributed by atoms with Gasteiger partial charge < -0.3 is 15.9 Å². The van der Waals surface area contributed by atoms with Crippen LogP contribution in [0.5, 0.6) is 0 Å². The van der Waals surface area contributed by atoms with Crippen molar-refractivity contribution in [3.8, 4) is 0 Å². The minimum absolute atomic E-state index is 0.374. The van der Waals surface area contributed by atoms with E-state index in [4.69, 9.17) is 15.9 Å². The molecule has 4 N–H and O–H groups in total. The lowest BCUT2D eigenvalue weighted by atomic mass is 10.1. The summed E-state index contributed by atoms with van der Waals surface area (Å²) in [7, 11) is 0. The lowest BCUT2D eigenvalue weighted by Crippen LogP contribution is -2.19. The molecule has 0 spiro atoms. The highest BCUT2D eigenvalue weighted by molar-refractivity contribution is 4.61. The Balaban J connectivity index is 3.27. The van der Waals surface area contributed by atoms with Crippen LogP contribution in [0, 0.1) is 0 Å². The third kappa shape index (κ3) is 4.73. The molecule has 0 radical (unpaired) electrons. The van der Waals surface area contributed by atoms with Gasteiger partial charge in [0.15, 0.2) is 0 Å². The van der Waals surface area contributed by atoms with Gasteiger partial charge >= 0.3 is 0 Å². The fraction of sp³-hybridized carbons (Fsp3) is 1.00. The van der Waals surface area contributed by atoms with Crippen LogP contribution in [0.1, 0.15) is 26.2 Å². The summed E-state index contributed by atoms with van der Waals surface area (Å²) in [6.07, 6.45) is 0.924. The molecule has 3 nitrogen and oxygen atoms in total. The maximum Gasteiger partial charge on any atom is 0.0576 e. The van der Waals surface area contributed by atoms with E-state index in [2.05, 4.69) is 0 Å². The lowest BCUT2D eigenvalue weighted by molar-refractivity contribution is 0.0751. The number of rotatable bonds is 5. The SMILES string of the molecule is CCC(O)CC(O)CCN. The van der Waals surface area contributed by atoms with E-state index in [1.165, 1.54) is 0 Å². The Morgan fingerprint density at radius 2 is 1.90 bits per heavy atom. The van der Waals surface area contributed by atoms with Crippen molar-refractivity contribution in [3.05, 3.63) is 0 Å². The van der Waals surface area contributed by atoms with Gasteiger partial charge in [0.2, 0.25) is 0 Å². The van der Waals surface area contributed by atoms with Crippen molar-refractivity contribution < 1.29 is 10.2 Å². The smallest absolute Gasteiger partial charge is 0.0576 e. The molecule has 0 heterocycles. The Morgan fingerprint density at radius 3 is 2.30 bits per heavy atom. The zero-order chi connectivity index (χ0) is 7.98. The standard InChI is InChI=1S/C7H17NO2/c1-2-6(9)5-7(10)3-4-8/h6-7,9-10H,2-5,8H2,1H3. The molecule has 0 aromatic rings. The average Bonchev–Trinajstić information content (AvgIpc) is 1.88. The normalized spacial score (nSPS) is 16.8. The summed E-state index contributed by atoms with van der Waals surface area (Å²) in [5.74, 6) is 0. The van der Waals surface area contributed by atoms with Crippen LogP contribution < -0.4 is 5.73 Å². The predicted octanol–water partition coefficient (Wildman–Crippen LogP) is -0.143. The largest absolute Gasteiger partial charge is 0.393 e. The lowest BCUT2D eigenvalue weighted by Gasteiger charge is -2.12. The van der Waals surface area contributed by atoms with E-state index < -0.39 is 6.10 Å². The maximum absolute atomic E-state index is 9.11. The summed E-state index contributed by atoms with van der Waals surface area (Å²) < 4.78 is 0. The minimum atomic E-state index is -0.431. The van der Waals surface area contributed by atoms with Gasteiger partial charge in [-0.05, 0) is 25.8 Å². The van der Waals surface area contributed by atoms with Crippen LogP contribution in [0.3, 0.4) is 0 Å². The van der Waals surface area contributed by atoms with Crippen molar-refractivity contribution >= 4 is 0 Å². The Kier molecular flexibility index (Phi) is 5.58. The van der Waals surface area contributed by atoms with E-state index >= 15 is 0 Å². The molecule has 0 bridgehead atoms. The van der Waals surface area contributed by atoms with Crippen molar-refractivity contribution in [2.24, 2.45) is 5.73 Å². The van der Waals surface area contributed by atoms with Crippen LogP contribution in [-0.4, -0.2) is 29.0 Å². The van der Waals surface area contributed by atoms with E-state index in [-0.39, 0.29) is 6.10 Å². The van der Waals surface area contributed by atoms with Crippen molar-refractivity contribution in [2.45, 2.75) is 38.4 Å². The first kappa shape index (κ1) is 9.88. The molecule has 0 saturated carbocycles. The van der Waals surface area contributed by atoms with Crippen molar-refractivity contribution in [1.82, 2.24) is 0 Å². The number of aliphatic hydroxyl groups is 2. The molecular weight excluding hydrogens is 130 g/mol. The first-order chi connectivity index (χ1) is 4.70. The average molecular weight is 147 g/mol. The van der Waals surface area contributed by atoms with Crippen molar-refractivity contribution in [2.75, 3.05) is 6.54 Å². The highest BCUT2D eigenvalue weighted by Crippen LogP contribution is 2.03. The monoisotopic (exact) mass is 147 g/mol. The van der Waals surface area contributed by atoms with Gasteiger partial charge in [0.1, 0.15) is 0 Å². The molecule has 0 rings (SSSR count). The van der Waals surface area contributed by atoms with E-state index in [1.54, 1.807) is 0 Å². The third-order valence-corrected chi connectivity index (χ3v) is 1.52. The van der Waals surface area contributed by atoms with E-state index in [0.717, 1.165) is 0 Å². The van der Waals surface area contributed by atoms with Gasteiger partial charge in [-0.3, -0.25) is 0 Å². The van der Waals surface area contributed by atoms with Gasteiger partial charge in [0.05, 0.1) is 12.2 Å². The Hall–Kier alpha value is -0.120. The molecule has 62 valence electrons.